The van der Waals surface area contributed by atoms with Gasteiger partial charge < -0.3 is 15.7 Å². The molecule has 2 atom stereocenters. The Morgan fingerprint density at radius 3 is 2.47 bits per heavy atom. The lowest BCUT2D eigenvalue weighted by atomic mass is 10.2. The zero-order valence-corrected chi connectivity index (χ0v) is 11.9. The van der Waals surface area contributed by atoms with Crippen LogP contribution < -0.4 is 10.6 Å². The Morgan fingerprint density at radius 2 is 1.89 bits per heavy atom. The summed E-state index contributed by atoms with van der Waals surface area (Å²) in [4.78, 5) is 0. The quantitative estimate of drug-likeness (QED) is 0.691. The highest BCUT2D eigenvalue weighted by atomic mass is 35.5. The lowest BCUT2D eigenvalue weighted by Crippen LogP contribution is -2.41. The standard InChI is InChI=1S/C12H17ClN2O3S/c13-9-1-3-10(4-2-9)14-5-6-15-11-7-19(17,18)8-12(11)16/h1-4,11-12,14-16H,5-8H2. The molecular formula is C12H17ClN2O3S. The molecule has 1 aromatic carbocycles. The second kappa shape index (κ2) is 6.09. The molecule has 2 rings (SSSR count). The predicted octanol–water partition coefficient (Wildman–Crippen LogP) is 0.499. The van der Waals surface area contributed by atoms with E-state index in [2.05, 4.69) is 10.6 Å². The van der Waals surface area contributed by atoms with E-state index in [4.69, 9.17) is 11.6 Å². The molecule has 19 heavy (non-hydrogen) atoms. The monoisotopic (exact) mass is 304 g/mol. The third-order valence-electron chi connectivity index (χ3n) is 3.03. The van der Waals surface area contributed by atoms with Crippen LogP contribution in [0.1, 0.15) is 0 Å². The van der Waals surface area contributed by atoms with Crippen LogP contribution in [0, 0.1) is 0 Å². The van der Waals surface area contributed by atoms with Crippen LogP contribution in [0.3, 0.4) is 0 Å². The first kappa shape index (κ1) is 14.6. The molecule has 1 saturated heterocycles. The smallest absolute Gasteiger partial charge is 0.154 e. The molecule has 5 nitrogen and oxygen atoms in total. The minimum absolute atomic E-state index is 0.00904. The third kappa shape index (κ3) is 4.35. The number of rotatable bonds is 5. The van der Waals surface area contributed by atoms with Crippen LogP contribution in [0.2, 0.25) is 5.02 Å². The first-order valence-corrected chi connectivity index (χ1v) is 8.27. The van der Waals surface area contributed by atoms with Crippen molar-refractivity contribution in [3.63, 3.8) is 0 Å². The fraction of sp³-hybridized carbons (Fsp3) is 0.500. The number of hydrogen-bond donors (Lipinski definition) is 3. The summed E-state index contributed by atoms with van der Waals surface area (Å²) >= 11 is 5.78. The van der Waals surface area contributed by atoms with Gasteiger partial charge in [0.1, 0.15) is 0 Å². The molecule has 2 unspecified atom stereocenters. The molecule has 3 N–H and O–H groups in total. The molecule has 0 spiro atoms. The maximum absolute atomic E-state index is 11.3. The van der Waals surface area contributed by atoms with Gasteiger partial charge in [0, 0.05) is 29.8 Å². The maximum atomic E-state index is 11.3. The number of benzene rings is 1. The number of sulfone groups is 1. The van der Waals surface area contributed by atoms with Crippen LogP contribution in [0.5, 0.6) is 0 Å². The second-order valence-electron chi connectivity index (χ2n) is 4.64. The van der Waals surface area contributed by atoms with Gasteiger partial charge in [-0.25, -0.2) is 8.42 Å². The maximum Gasteiger partial charge on any atom is 0.154 e. The Labute approximate surface area is 117 Å². The first-order chi connectivity index (χ1) is 8.96. The number of halogens is 1. The molecule has 0 radical (unpaired) electrons. The first-order valence-electron chi connectivity index (χ1n) is 6.07. The summed E-state index contributed by atoms with van der Waals surface area (Å²) < 4.78 is 22.6. The van der Waals surface area contributed by atoms with Crippen molar-refractivity contribution in [2.24, 2.45) is 0 Å². The number of hydrogen-bond acceptors (Lipinski definition) is 5. The molecule has 0 aromatic heterocycles. The predicted molar refractivity (Wildman–Crippen MR) is 76.4 cm³/mol. The van der Waals surface area contributed by atoms with Crippen LogP contribution >= 0.6 is 11.6 Å². The third-order valence-corrected chi connectivity index (χ3v) is 5.00. The van der Waals surface area contributed by atoms with Crippen LogP contribution in [0.25, 0.3) is 0 Å². The molecule has 1 aromatic rings. The number of aliphatic hydroxyl groups excluding tert-OH is 1. The molecule has 7 heteroatoms. The largest absolute Gasteiger partial charge is 0.390 e. The van der Waals surface area contributed by atoms with Gasteiger partial charge >= 0.3 is 0 Å². The van der Waals surface area contributed by atoms with Crippen LogP contribution in [0.15, 0.2) is 24.3 Å². The summed E-state index contributed by atoms with van der Waals surface area (Å²) in [7, 11) is -3.09. The molecule has 0 amide bonds. The normalized spacial score (nSPS) is 25.4. The summed E-state index contributed by atoms with van der Waals surface area (Å²) in [5.74, 6) is -0.135. The van der Waals surface area contributed by atoms with Crippen molar-refractivity contribution in [1.82, 2.24) is 5.32 Å². The number of aliphatic hydroxyl groups is 1. The molecule has 1 aliphatic heterocycles. The molecule has 1 fully saturated rings. The van der Waals surface area contributed by atoms with Crippen molar-refractivity contribution in [1.29, 1.82) is 0 Å². The molecule has 1 heterocycles. The van der Waals surface area contributed by atoms with Crippen molar-refractivity contribution < 1.29 is 13.5 Å². The number of nitrogens with one attached hydrogen (secondary N) is 2. The van der Waals surface area contributed by atoms with E-state index in [1.165, 1.54) is 0 Å². The van der Waals surface area contributed by atoms with E-state index < -0.39 is 15.9 Å². The highest BCUT2D eigenvalue weighted by Gasteiger charge is 2.35. The summed E-state index contributed by atoms with van der Waals surface area (Å²) in [5, 5.41) is 16.5. The fourth-order valence-electron chi connectivity index (χ4n) is 2.06. The van der Waals surface area contributed by atoms with E-state index in [9.17, 15) is 13.5 Å². The van der Waals surface area contributed by atoms with Gasteiger partial charge in [-0.1, -0.05) is 11.6 Å². The van der Waals surface area contributed by atoms with E-state index in [0.29, 0.717) is 18.1 Å². The van der Waals surface area contributed by atoms with E-state index >= 15 is 0 Å². The van der Waals surface area contributed by atoms with Crippen molar-refractivity contribution in [3.8, 4) is 0 Å². The van der Waals surface area contributed by atoms with Crippen molar-refractivity contribution in [3.05, 3.63) is 29.3 Å². The van der Waals surface area contributed by atoms with E-state index in [0.717, 1.165) is 5.69 Å². The van der Waals surface area contributed by atoms with Gasteiger partial charge in [-0.3, -0.25) is 0 Å². The zero-order valence-electron chi connectivity index (χ0n) is 10.3. The Balaban J connectivity index is 1.71. The molecule has 0 aliphatic carbocycles. The summed E-state index contributed by atoms with van der Waals surface area (Å²) in [6, 6.07) is 6.97. The van der Waals surface area contributed by atoms with Crippen LogP contribution in [-0.2, 0) is 9.84 Å². The zero-order chi connectivity index (χ0) is 13.9. The lowest BCUT2D eigenvalue weighted by molar-refractivity contribution is 0.167. The van der Waals surface area contributed by atoms with Gasteiger partial charge in [0.05, 0.1) is 17.6 Å². The Bertz CT molecular complexity index is 518. The van der Waals surface area contributed by atoms with Crippen LogP contribution in [-0.4, -0.2) is 50.3 Å². The Hall–Kier alpha value is -0.820. The van der Waals surface area contributed by atoms with Gasteiger partial charge in [-0.05, 0) is 24.3 Å². The highest BCUT2D eigenvalue weighted by molar-refractivity contribution is 7.91. The average Bonchev–Trinajstić information content (AvgIpc) is 2.60. The lowest BCUT2D eigenvalue weighted by Gasteiger charge is -2.15. The van der Waals surface area contributed by atoms with Crippen LogP contribution in [0.4, 0.5) is 5.69 Å². The Morgan fingerprint density at radius 1 is 1.21 bits per heavy atom. The summed E-state index contributed by atoms with van der Waals surface area (Å²) in [5.41, 5.74) is 0.950. The number of anilines is 1. The summed E-state index contributed by atoms with van der Waals surface area (Å²) in [6.07, 6.45) is -0.805. The van der Waals surface area contributed by atoms with E-state index in [1.54, 1.807) is 12.1 Å². The van der Waals surface area contributed by atoms with Gasteiger partial charge in [-0.15, -0.1) is 0 Å². The SMILES string of the molecule is O=S1(=O)CC(O)C(NCCNc2ccc(Cl)cc2)C1. The van der Waals surface area contributed by atoms with Crippen molar-refractivity contribution >= 4 is 27.1 Å². The minimum Gasteiger partial charge on any atom is -0.390 e. The van der Waals surface area contributed by atoms with E-state index in [-0.39, 0.29) is 17.5 Å². The van der Waals surface area contributed by atoms with Gasteiger partial charge in [0.25, 0.3) is 0 Å². The molecule has 1 aliphatic rings. The van der Waals surface area contributed by atoms with Gasteiger partial charge in [0.15, 0.2) is 9.84 Å². The van der Waals surface area contributed by atoms with E-state index in [1.807, 2.05) is 12.1 Å². The average molecular weight is 305 g/mol. The minimum atomic E-state index is -3.09. The molecule has 0 saturated carbocycles. The second-order valence-corrected chi connectivity index (χ2v) is 7.23. The van der Waals surface area contributed by atoms with Crippen molar-refractivity contribution in [2.75, 3.05) is 29.9 Å². The molecule has 106 valence electrons. The highest BCUT2D eigenvalue weighted by Crippen LogP contribution is 2.13. The molecular weight excluding hydrogens is 288 g/mol. The van der Waals surface area contributed by atoms with Gasteiger partial charge in [0.2, 0.25) is 0 Å². The fourth-order valence-corrected chi connectivity index (χ4v) is 3.96. The van der Waals surface area contributed by atoms with Crippen molar-refractivity contribution in [2.45, 2.75) is 12.1 Å². The Kier molecular flexibility index (Phi) is 4.67. The molecule has 0 bridgehead atoms. The van der Waals surface area contributed by atoms with Gasteiger partial charge in [-0.2, -0.15) is 0 Å². The summed E-state index contributed by atoms with van der Waals surface area (Å²) in [6.45, 7) is 1.23. The topological polar surface area (TPSA) is 78.4 Å².